The van der Waals surface area contributed by atoms with E-state index in [1.807, 2.05) is 0 Å². The van der Waals surface area contributed by atoms with Crippen molar-refractivity contribution in [1.82, 2.24) is 0 Å². The zero-order valence-electron chi connectivity index (χ0n) is 58.1. The van der Waals surface area contributed by atoms with Crippen molar-refractivity contribution >= 4 is 39.5 Å². The van der Waals surface area contributed by atoms with Crippen molar-refractivity contribution in [3.63, 3.8) is 0 Å². The van der Waals surface area contributed by atoms with E-state index in [0.717, 1.165) is 121 Å². The zero-order valence-corrected chi connectivity index (χ0v) is 59.9. The van der Waals surface area contributed by atoms with Gasteiger partial charge in [-0.2, -0.15) is 0 Å². The summed E-state index contributed by atoms with van der Waals surface area (Å²) < 4.78 is 68.2. The van der Waals surface area contributed by atoms with Crippen LogP contribution in [0.5, 0.6) is 0 Å². The largest absolute Gasteiger partial charge is 0.472 e. The lowest BCUT2D eigenvalue weighted by Gasteiger charge is -2.21. The molecule has 0 fully saturated rings. The highest BCUT2D eigenvalue weighted by Crippen LogP contribution is 2.45. The third-order valence-electron chi connectivity index (χ3n) is 16.1. The third-order valence-corrected chi connectivity index (χ3v) is 18.0. The summed E-state index contributed by atoms with van der Waals surface area (Å²) in [5.74, 6) is 0.0358. The summed E-state index contributed by atoms with van der Waals surface area (Å²) >= 11 is 0. The summed E-state index contributed by atoms with van der Waals surface area (Å²) in [4.78, 5) is 72.5. The number of allylic oxidation sites excluding steroid dienone is 4. The van der Waals surface area contributed by atoms with Gasteiger partial charge in [-0.1, -0.05) is 278 Å². The third kappa shape index (κ3) is 63.0. The van der Waals surface area contributed by atoms with Crippen molar-refractivity contribution in [3.05, 3.63) is 24.3 Å². The molecule has 6 atom stereocenters. The SMILES string of the molecule is CCCCCC/C=C\C=C/CCCCCCCC(=O)OC[C@H](COP(=O)(O)OCC(O)COP(=O)(O)OC[C@@H](COC(=O)CCCCCCCCCC(C)C)OC(=O)CCCCCCCCCCCCCCC(C)C)OC(=O)CCCCCCCCC(C)CC. The minimum Gasteiger partial charge on any atom is -0.462 e. The summed E-state index contributed by atoms with van der Waals surface area (Å²) in [5, 5.41) is 10.6. The predicted octanol–water partition coefficient (Wildman–Crippen LogP) is 19.8. The monoisotopic (exact) mass is 1320 g/mol. The molecule has 19 heteroatoms. The van der Waals surface area contributed by atoms with Crippen LogP contribution in [0.2, 0.25) is 0 Å². The first-order valence-corrected chi connectivity index (χ1v) is 39.2. The topological polar surface area (TPSA) is 237 Å². The van der Waals surface area contributed by atoms with E-state index in [9.17, 15) is 43.2 Å². The van der Waals surface area contributed by atoms with Crippen LogP contribution in [-0.2, 0) is 65.4 Å². The van der Waals surface area contributed by atoms with Crippen molar-refractivity contribution in [2.45, 2.75) is 349 Å². The molecule has 4 unspecified atom stereocenters. The number of aliphatic hydroxyl groups excluding tert-OH is 1. The maximum atomic E-state index is 13.0. The number of phosphoric acid groups is 2. The van der Waals surface area contributed by atoms with Crippen molar-refractivity contribution in [3.8, 4) is 0 Å². The smallest absolute Gasteiger partial charge is 0.462 e. The number of esters is 4. The molecule has 0 bridgehead atoms. The number of phosphoric ester groups is 2. The molecule has 530 valence electrons. The Balaban J connectivity index is 5.26. The van der Waals surface area contributed by atoms with Gasteiger partial charge in [0, 0.05) is 25.7 Å². The Morgan fingerprint density at radius 2 is 0.656 bits per heavy atom. The van der Waals surface area contributed by atoms with E-state index >= 15 is 0 Å². The molecule has 0 aliphatic heterocycles. The predicted molar refractivity (Wildman–Crippen MR) is 363 cm³/mol. The maximum Gasteiger partial charge on any atom is 0.472 e. The minimum atomic E-state index is -4.96. The molecule has 0 radical (unpaired) electrons. The Morgan fingerprint density at radius 1 is 0.367 bits per heavy atom. The van der Waals surface area contributed by atoms with Crippen LogP contribution in [0.25, 0.3) is 0 Å². The Kier molecular flexibility index (Phi) is 59.7. The molecule has 0 saturated heterocycles. The number of carbonyl (C=O) groups excluding carboxylic acids is 4. The fourth-order valence-electron chi connectivity index (χ4n) is 10.1. The van der Waals surface area contributed by atoms with Gasteiger partial charge in [0.05, 0.1) is 26.4 Å². The molecule has 0 aromatic heterocycles. The molecular weight excluding hydrogens is 1190 g/mol. The Hall–Kier alpha value is -2.46. The van der Waals surface area contributed by atoms with Crippen LogP contribution in [0.4, 0.5) is 0 Å². The number of hydrogen-bond acceptors (Lipinski definition) is 15. The zero-order chi connectivity index (χ0) is 66.6. The summed E-state index contributed by atoms with van der Waals surface area (Å²) in [6, 6.07) is 0. The van der Waals surface area contributed by atoms with E-state index in [2.05, 4.69) is 72.8 Å². The average Bonchev–Trinajstić information content (AvgIpc) is 2.46. The maximum absolute atomic E-state index is 13.0. The average molecular weight is 1320 g/mol. The van der Waals surface area contributed by atoms with E-state index in [4.69, 9.17) is 37.0 Å². The van der Waals surface area contributed by atoms with Gasteiger partial charge in [-0.25, -0.2) is 9.13 Å². The molecule has 0 heterocycles. The first-order chi connectivity index (χ1) is 43.3. The molecule has 0 aromatic carbocycles. The molecule has 0 amide bonds. The van der Waals surface area contributed by atoms with Crippen LogP contribution >= 0.6 is 15.6 Å². The van der Waals surface area contributed by atoms with Crippen molar-refractivity contribution in [1.29, 1.82) is 0 Å². The summed E-state index contributed by atoms with van der Waals surface area (Å²) in [7, 11) is -9.91. The number of carbonyl (C=O) groups is 4. The van der Waals surface area contributed by atoms with Crippen LogP contribution in [0.3, 0.4) is 0 Å². The lowest BCUT2D eigenvalue weighted by Crippen LogP contribution is -2.30. The number of aliphatic hydroxyl groups is 1. The van der Waals surface area contributed by atoms with E-state index in [-0.39, 0.29) is 25.7 Å². The van der Waals surface area contributed by atoms with Crippen LogP contribution in [0.15, 0.2) is 24.3 Å². The Bertz CT molecular complexity index is 1860. The van der Waals surface area contributed by atoms with Gasteiger partial charge in [-0.15, -0.1) is 0 Å². The van der Waals surface area contributed by atoms with Gasteiger partial charge in [0.1, 0.15) is 19.3 Å². The lowest BCUT2D eigenvalue weighted by molar-refractivity contribution is -0.161. The van der Waals surface area contributed by atoms with Crippen LogP contribution in [-0.4, -0.2) is 96.7 Å². The van der Waals surface area contributed by atoms with Crippen molar-refractivity contribution in [2.24, 2.45) is 17.8 Å². The second kappa shape index (κ2) is 61.4. The van der Waals surface area contributed by atoms with Gasteiger partial charge < -0.3 is 33.8 Å². The van der Waals surface area contributed by atoms with Crippen molar-refractivity contribution < 1.29 is 80.2 Å². The molecular formula is C71H134O17P2. The van der Waals surface area contributed by atoms with E-state index < -0.39 is 97.5 Å². The highest BCUT2D eigenvalue weighted by molar-refractivity contribution is 7.47. The highest BCUT2D eigenvalue weighted by atomic mass is 31.2. The molecule has 0 aliphatic rings. The second-order valence-corrected chi connectivity index (χ2v) is 29.0. The van der Waals surface area contributed by atoms with Gasteiger partial charge in [0.2, 0.25) is 0 Å². The normalized spacial score (nSPS) is 14.7. The number of rotatable bonds is 67. The number of ether oxygens (including phenoxy) is 4. The van der Waals surface area contributed by atoms with E-state index in [0.29, 0.717) is 37.5 Å². The van der Waals surface area contributed by atoms with Gasteiger partial charge in [-0.3, -0.25) is 37.3 Å². The molecule has 0 aromatic rings. The number of hydrogen-bond donors (Lipinski definition) is 3. The molecule has 3 N–H and O–H groups in total. The molecule has 0 saturated carbocycles. The molecule has 0 spiro atoms. The first-order valence-electron chi connectivity index (χ1n) is 36.2. The molecule has 90 heavy (non-hydrogen) atoms. The van der Waals surface area contributed by atoms with E-state index in [1.54, 1.807) is 0 Å². The van der Waals surface area contributed by atoms with Gasteiger partial charge in [0.25, 0.3) is 0 Å². The molecule has 0 aliphatic carbocycles. The summed E-state index contributed by atoms with van der Waals surface area (Å²) in [5.41, 5.74) is 0. The van der Waals surface area contributed by atoms with Gasteiger partial charge in [0.15, 0.2) is 12.2 Å². The lowest BCUT2D eigenvalue weighted by atomic mass is 10.00. The number of unbranched alkanes of at least 4 members (excludes halogenated alkanes) is 31. The van der Waals surface area contributed by atoms with Gasteiger partial charge >= 0.3 is 39.5 Å². The Labute approximate surface area is 548 Å². The fraction of sp³-hybridized carbons (Fsp3) is 0.887. The standard InChI is InChI=1S/C71H134O17P2/c1-8-10-11-12-13-14-15-16-17-18-22-25-30-38-45-52-68(73)81-59-67(88-71(76)55-48-41-34-33-37-44-51-64(7)9-2)61-86-90(79,80)84-57-65(72)56-83-89(77,78)85-60-66(58-82-69(74)53-46-39-32-27-29-36-43-50-63(5)6)87-70(75)54-47-40-31-26-23-20-19-21-24-28-35-42-49-62(3)4/h14-17,62-67,72H,8-13,18-61H2,1-7H3,(H,77,78)(H,79,80)/b15-14-,17-16-/t64?,65?,66-,67-/m1/s1. The quantitative estimate of drug-likeness (QED) is 0.0169. The highest BCUT2D eigenvalue weighted by Gasteiger charge is 2.30. The summed E-state index contributed by atoms with van der Waals surface area (Å²) in [6.45, 7) is 11.7. The van der Waals surface area contributed by atoms with Crippen LogP contribution < -0.4 is 0 Å². The van der Waals surface area contributed by atoms with Crippen molar-refractivity contribution in [2.75, 3.05) is 39.6 Å². The van der Waals surface area contributed by atoms with Crippen LogP contribution in [0, 0.1) is 17.8 Å². The Morgan fingerprint density at radius 3 is 0.989 bits per heavy atom. The molecule has 17 nitrogen and oxygen atoms in total. The summed E-state index contributed by atoms with van der Waals surface area (Å²) in [6.07, 6.45) is 48.1. The fourth-order valence-corrected chi connectivity index (χ4v) is 11.7. The van der Waals surface area contributed by atoms with E-state index in [1.165, 1.54) is 116 Å². The molecule has 0 rings (SSSR count). The second-order valence-electron chi connectivity index (χ2n) is 26.1. The first kappa shape index (κ1) is 87.5. The van der Waals surface area contributed by atoms with Gasteiger partial charge in [-0.05, 0) is 69.1 Å². The van der Waals surface area contributed by atoms with Crippen LogP contribution in [0.1, 0.15) is 331 Å². The minimum absolute atomic E-state index is 0.0957.